The van der Waals surface area contributed by atoms with Crippen molar-refractivity contribution < 1.29 is 4.39 Å². The first-order valence-corrected chi connectivity index (χ1v) is 1.42. The third-order valence-corrected chi connectivity index (χ3v) is 0.256. The molecule has 1 heteroatoms. The quantitative estimate of drug-likeness (QED) is 0.439. The van der Waals surface area contributed by atoms with E-state index in [9.17, 15) is 4.39 Å². The summed E-state index contributed by atoms with van der Waals surface area (Å²) in [4.78, 5) is 0. The lowest BCUT2D eigenvalue weighted by Gasteiger charge is -1.62. The van der Waals surface area contributed by atoms with Gasteiger partial charge in [0.05, 0.1) is 0 Å². The molecule has 0 aliphatic carbocycles. The lowest BCUT2D eigenvalue weighted by atomic mass is 10.6. The van der Waals surface area contributed by atoms with Crippen LogP contribution in [-0.4, -0.2) is 6.67 Å². The Labute approximate surface area is 31.3 Å². The summed E-state index contributed by atoms with van der Waals surface area (Å²) in [5.41, 5.74) is 0. The average molecular weight is 73.1 g/mol. The Kier molecular flexibility index (Phi) is 3.43. The van der Waals surface area contributed by atoms with Crippen LogP contribution in [0.1, 0.15) is 0 Å². The van der Waals surface area contributed by atoms with Crippen molar-refractivity contribution in [3.8, 4) is 0 Å². The first kappa shape index (κ1) is 4.67. The summed E-state index contributed by atoms with van der Waals surface area (Å²) in [6.07, 6.45) is 2.78. The van der Waals surface area contributed by atoms with Crippen molar-refractivity contribution in [1.82, 2.24) is 0 Å². The summed E-state index contributed by atoms with van der Waals surface area (Å²) in [7, 11) is 0. The van der Waals surface area contributed by atoms with Gasteiger partial charge in [-0.25, -0.2) is 4.39 Å². The molecule has 0 N–H and O–H groups in total. The van der Waals surface area contributed by atoms with Crippen molar-refractivity contribution in [3.05, 3.63) is 19.1 Å². The number of hydrogen-bond acceptors (Lipinski definition) is 0. The first-order valence-electron chi connectivity index (χ1n) is 1.42. The molecule has 0 bridgehead atoms. The van der Waals surface area contributed by atoms with E-state index >= 15 is 0 Å². The Bertz CT molecular complexity index is 30.6. The van der Waals surface area contributed by atoms with Gasteiger partial charge < -0.3 is 0 Å². The molecule has 0 nitrogen and oxygen atoms in total. The molecule has 0 rings (SSSR count). The van der Waals surface area contributed by atoms with Crippen LogP contribution in [0.3, 0.4) is 0 Å². The van der Waals surface area contributed by atoms with Gasteiger partial charge in [0.2, 0.25) is 0 Å². The summed E-state index contributed by atoms with van der Waals surface area (Å²) < 4.78 is 10.9. The Morgan fingerprint density at radius 1 is 1.80 bits per heavy atom. The first-order chi connectivity index (χ1) is 2.41. The molecule has 5 heavy (non-hydrogen) atoms. The fourth-order valence-corrected chi connectivity index (χ4v) is 0.0630. The zero-order valence-electron chi connectivity index (χ0n) is 2.95. The van der Waals surface area contributed by atoms with Crippen molar-refractivity contribution in [2.45, 2.75) is 0 Å². The fraction of sp³-hybridized carbons (Fsp3) is 0.250. The second-order valence-corrected chi connectivity index (χ2v) is 0.626. The SMILES string of the molecule is [CH2]/C=C/CF. The van der Waals surface area contributed by atoms with E-state index in [0.717, 1.165) is 0 Å². The maximum absolute atomic E-state index is 10.9. The molecule has 0 aromatic rings. The predicted octanol–water partition coefficient (Wildman–Crippen LogP) is 1.35. The summed E-state index contributed by atoms with van der Waals surface area (Å²) in [6, 6.07) is 0. The minimum absolute atomic E-state index is 0.399. The van der Waals surface area contributed by atoms with Crippen LogP contribution < -0.4 is 0 Å². The molecule has 0 heterocycles. The minimum atomic E-state index is -0.399. The van der Waals surface area contributed by atoms with Gasteiger partial charge in [-0.3, -0.25) is 0 Å². The molecule has 0 aromatic carbocycles. The molecule has 0 fully saturated rings. The van der Waals surface area contributed by atoms with Gasteiger partial charge in [0.25, 0.3) is 0 Å². The zero-order chi connectivity index (χ0) is 4.12. The summed E-state index contributed by atoms with van der Waals surface area (Å²) in [6.45, 7) is 2.86. The molecular weight excluding hydrogens is 67.0 g/mol. The number of halogens is 1. The van der Waals surface area contributed by atoms with E-state index in [0.29, 0.717) is 0 Å². The third-order valence-electron chi connectivity index (χ3n) is 0.256. The lowest BCUT2D eigenvalue weighted by molar-refractivity contribution is 0.562. The highest BCUT2D eigenvalue weighted by Gasteiger charge is 1.56. The molecule has 0 amide bonds. The maximum Gasteiger partial charge on any atom is 0.108 e. The van der Waals surface area contributed by atoms with Crippen LogP contribution >= 0.6 is 0 Å². The van der Waals surface area contributed by atoms with Crippen LogP contribution in [0.25, 0.3) is 0 Å². The third kappa shape index (κ3) is 3.67. The Hall–Kier alpha value is -0.330. The topological polar surface area (TPSA) is 0 Å². The van der Waals surface area contributed by atoms with Gasteiger partial charge in [-0.15, -0.1) is 0 Å². The normalized spacial score (nSPS) is 10.0. The van der Waals surface area contributed by atoms with Crippen molar-refractivity contribution >= 4 is 0 Å². The second kappa shape index (κ2) is 3.67. The largest absolute Gasteiger partial charge is 0.247 e. The number of rotatable bonds is 1. The van der Waals surface area contributed by atoms with Crippen molar-refractivity contribution in [3.63, 3.8) is 0 Å². The van der Waals surface area contributed by atoms with Crippen LogP contribution in [0, 0.1) is 6.92 Å². The summed E-state index contributed by atoms with van der Waals surface area (Å²) in [5.74, 6) is 0. The van der Waals surface area contributed by atoms with Crippen LogP contribution in [0.4, 0.5) is 4.39 Å². The van der Waals surface area contributed by atoms with Gasteiger partial charge in [0, 0.05) is 0 Å². The van der Waals surface area contributed by atoms with Gasteiger partial charge in [-0.1, -0.05) is 12.2 Å². The molecule has 0 aliphatic heterocycles. The average Bonchev–Trinajstić information content (AvgIpc) is 1.41. The van der Waals surface area contributed by atoms with Gasteiger partial charge in [0.1, 0.15) is 6.67 Å². The maximum atomic E-state index is 10.9. The van der Waals surface area contributed by atoms with E-state index in [1.54, 1.807) is 0 Å². The van der Waals surface area contributed by atoms with E-state index in [2.05, 4.69) is 6.92 Å². The van der Waals surface area contributed by atoms with Crippen LogP contribution in [0.15, 0.2) is 12.2 Å². The standard InChI is InChI=1S/C4H6F/c1-2-3-4-5/h2-3H,1,4H2/b3-2+. The van der Waals surface area contributed by atoms with Crippen molar-refractivity contribution in [2.24, 2.45) is 0 Å². The summed E-state index contributed by atoms with van der Waals surface area (Å²) >= 11 is 0. The zero-order valence-corrected chi connectivity index (χ0v) is 2.95. The van der Waals surface area contributed by atoms with Crippen LogP contribution in [0.5, 0.6) is 0 Å². The van der Waals surface area contributed by atoms with Gasteiger partial charge in [-0.05, 0) is 6.92 Å². The van der Waals surface area contributed by atoms with Crippen LogP contribution in [0.2, 0.25) is 0 Å². The van der Waals surface area contributed by atoms with E-state index in [1.807, 2.05) is 0 Å². The van der Waals surface area contributed by atoms with E-state index in [-0.39, 0.29) is 0 Å². The molecule has 0 aliphatic rings. The smallest absolute Gasteiger partial charge is 0.108 e. The molecule has 29 valence electrons. The number of hydrogen-bond donors (Lipinski definition) is 0. The Balaban J connectivity index is 2.62. The summed E-state index contributed by atoms with van der Waals surface area (Å²) in [5, 5.41) is 0. The van der Waals surface area contributed by atoms with Crippen LogP contribution in [-0.2, 0) is 0 Å². The molecular formula is C4H6F. The fourth-order valence-electron chi connectivity index (χ4n) is 0.0630. The predicted molar refractivity (Wildman–Crippen MR) is 20.5 cm³/mol. The lowest BCUT2D eigenvalue weighted by Crippen LogP contribution is -1.53. The number of alkyl halides is 1. The molecule has 0 saturated carbocycles. The Morgan fingerprint density at radius 3 is 2.40 bits per heavy atom. The molecule has 0 spiro atoms. The monoisotopic (exact) mass is 73.0 g/mol. The van der Waals surface area contributed by atoms with E-state index in [4.69, 9.17) is 0 Å². The molecule has 0 atom stereocenters. The van der Waals surface area contributed by atoms with Gasteiger partial charge in [0.15, 0.2) is 0 Å². The molecule has 0 aromatic heterocycles. The highest BCUT2D eigenvalue weighted by atomic mass is 19.1. The van der Waals surface area contributed by atoms with Gasteiger partial charge >= 0.3 is 0 Å². The van der Waals surface area contributed by atoms with E-state index < -0.39 is 6.67 Å². The van der Waals surface area contributed by atoms with Crippen molar-refractivity contribution in [2.75, 3.05) is 6.67 Å². The highest BCUT2D eigenvalue weighted by Crippen LogP contribution is 1.67. The van der Waals surface area contributed by atoms with Crippen molar-refractivity contribution in [1.29, 1.82) is 0 Å². The molecule has 0 saturated heterocycles. The number of allylic oxidation sites excluding steroid dienone is 2. The highest BCUT2D eigenvalue weighted by molar-refractivity contribution is 4.82. The molecule has 1 radical (unpaired) electrons. The molecule has 0 unspecified atom stereocenters. The second-order valence-electron chi connectivity index (χ2n) is 0.626. The van der Waals surface area contributed by atoms with Gasteiger partial charge in [-0.2, -0.15) is 0 Å². The Morgan fingerprint density at radius 2 is 2.40 bits per heavy atom. The van der Waals surface area contributed by atoms with E-state index in [1.165, 1.54) is 12.2 Å². The minimum Gasteiger partial charge on any atom is -0.247 e.